The van der Waals surface area contributed by atoms with Crippen molar-refractivity contribution >= 4 is 9.84 Å². The van der Waals surface area contributed by atoms with Crippen molar-refractivity contribution in [3.63, 3.8) is 0 Å². The summed E-state index contributed by atoms with van der Waals surface area (Å²) in [7, 11) is -2.84. The lowest BCUT2D eigenvalue weighted by Gasteiger charge is -2.02. The number of nitrogens with one attached hydrogen (secondary N) is 1. The quantitative estimate of drug-likeness (QED) is 0.710. The maximum atomic E-state index is 11.2. The Bertz CT molecular complexity index is 426. The van der Waals surface area contributed by atoms with Crippen LogP contribution in [0.15, 0.2) is 10.6 Å². The van der Waals surface area contributed by atoms with Gasteiger partial charge in [0, 0.05) is 12.2 Å². The predicted octanol–water partition coefficient (Wildman–Crippen LogP) is 1.15. The summed E-state index contributed by atoms with van der Waals surface area (Å²) in [5.74, 6) is 1.98. The molecule has 0 aliphatic rings. The third-order valence-electron chi connectivity index (χ3n) is 2.47. The summed E-state index contributed by atoms with van der Waals surface area (Å²) >= 11 is 0. The second-order valence-electron chi connectivity index (χ2n) is 3.84. The minimum atomic E-state index is -2.84. The SMILES string of the molecule is CCc1cnc(CNCCCS(=O)(=O)CC)o1. The molecule has 0 aromatic carbocycles. The lowest BCUT2D eigenvalue weighted by atomic mass is 10.4. The average molecular weight is 260 g/mol. The van der Waals surface area contributed by atoms with Crippen molar-refractivity contribution in [2.75, 3.05) is 18.1 Å². The highest BCUT2D eigenvalue weighted by atomic mass is 32.2. The first-order valence-corrected chi connectivity index (χ1v) is 7.74. The molecule has 0 amide bonds. The first kappa shape index (κ1) is 14.2. The third-order valence-corrected chi connectivity index (χ3v) is 4.27. The van der Waals surface area contributed by atoms with Crippen molar-refractivity contribution in [2.24, 2.45) is 0 Å². The molecule has 1 N–H and O–H groups in total. The van der Waals surface area contributed by atoms with Gasteiger partial charge in [-0.15, -0.1) is 0 Å². The Hall–Kier alpha value is -0.880. The highest BCUT2D eigenvalue weighted by Crippen LogP contribution is 2.03. The number of aromatic nitrogens is 1. The molecule has 0 saturated carbocycles. The summed E-state index contributed by atoms with van der Waals surface area (Å²) in [4.78, 5) is 4.10. The lowest BCUT2D eigenvalue weighted by molar-refractivity contribution is 0.439. The van der Waals surface area contributed by atoms with Crippen molar-refractivity contribution < 1.29 is 12.8 Å². The molecule has 6 heteroatoms. The minimum Gasteiger partial charge on any atom is -0.444 e. The van der Waals surface area contributed by atoms with Gasteiger partial charge in [-0.2, -0.15) is 0 Å². The summed E-state index contributed by atoms with van der Waals surface area (Å²) in [5, 5.41) is 3.12. The van der Waals surface area contributed by atoms with E-state index in [9.17, 15) is 8.42 Å². The maximum absolute atomic E-state index is 11.2. The molecule has 5 nitrogen and oxygen atoms in total. The van der Waals surface area contributed by atoms with E-state index in [1.54, 1.807) is 13.1 Å². The fourth-order valence-corrected chi connectivity index (χ4v) is 2.22. The fourth-order valence-electron chi connectivity index (χ4n) is 1.35. The van der Waals surface area contributed by atoms with Crippen LogP contribution in [0.5, 0.6) is 0 Å². The molecule has 1 aromatic rings. The Morgan fingerprint density at radius 2 is 2.18 bits per heavy atom. The van der Waals surface area contributed by atoms with Gasteiger partial charge in [0.25, 0.3) is 0 Å². The molecule has 0 radical (unpaired) electrons. The van der Waals surface area contributed by atoms with Crippen LogP contribution in [0.3, 0.4) is 0 Å². The Kier molecular flexibility index (Phi) is 5.64. The van der Waals surface area contributed by atoms with Gasteiger partial charge in [0.05, 0.1) is 18.5 Å². The maximum Gasteiger partial charge on any atom is 0.208 e. The molecule has 0 bridgehead atoms. The van der Waals surface area contributed by atoms with Gasteiger partial charge in [-0.05, 0) is 13.0 Å². The molecule has 0 atom stereocenters. The summed E-state index contributed by atoms with van der Waals surface area (Å²) < 4.78 is 27.8. The average Bonchev–Trinajstić information content (AvgIpc) is 2.76. The van der Waals surface area contributed by atoms with E-state index in [2.05, 4.69) is 10.3 Å². The largest absolute Gasteiger partial charge is 0.444 e. The second-order valence-corrected chi connectivity index (χ2v) is 6.31. The number of aryl methyl sites for hydroxylation is 1. The molecular weight excluding hydrogens is 240 g/mol. The Morgan fingerprint density at radius 1 is 1.41 bits per heavy atom. The van der Waals surface area contributed by atoms with Crippen LogP contribution in [0.25, 0.3) is 0 Å². The van der Waals surface area contributed by atoms with Crippen LogP contribution in [-0.4, -0.2) is 31.5 Å². The zero-order valence-corrected chi connectivity index (χ0v) is 11.2. The van der Waals surface area contributed by atoms with Crippen LogP contribution >= 0.6 is 0 Å². The topological polar surface area (TPSA) is 72.2 Å². The number of sulfone groups is 1. The van der Waals surface area contributed by atoms with Gasteiger partial charge >= 0.3 is 0 Å². The van der Waals surface area contributed by atoms with Gasteiger partial charge in [-0.25, -0.2) is 13.4 Å². The molecule has 17 heavy (non-hydrogen) atoms. The molecule has 0 aliphatic carbocycles. The van der Waals surface area contributed by atoms with Crippen LogP contribution in [-0.2, 0) is 22.8 Å². The third kappa shape index (κ3) is 5.32. The van der Waals surface area contributed by atoms with E-state index in [0.29, 0.717) is 25.4 Å². The number of oxazole rings is 1. The monoisotopic (exact) mass is 260 g/mol. The summed E-state index contributed by atoms with van der Waals surface area (Å²) in [6.07, 6.45) is 3.18. The second kappa shape index (κ2) is 6.76. The Balaban J connectivity index is 2.16. The molecule has 0 saturated heterocycles. The summed E-state index contributed by atoms with van der Waals surface area (Å²) in [5.41, 5.74) is 0. The smallest absolute Gasteiger partial charge is 0.208 e. The van der Waals surface area contributed by atoms with Crippen molar-refractivity contribution in [2.45, 2.75) is 33.2 Å². The molecule has 0 fully saturated rings. The Morgan fingerprint density at radius 3 is 2.76 bits per heavy atom. The van der Waals surface area contributed by atoms with Crippen molar-refractivity contribution in [3.8, 4) is 0 Å². The minimum absolute atomic E-state index is 0.215. The first-order valence-electron chi connectivity index (χ1n) is 5.92. The molecule has 0 aliphatic heterocycles. The zero-order chi connectivity index (χ0) is 12.7. The molecule has 98 valence electrons. The van der Waals surface area contributed by atoms with Gasteiger partial charge in [-0.3, -0.25) is 0 Å². The van der Waals surface area contributed by atoms with Crippen LogP contribution in [0.2, 0.25) is 0 Å². The fraction of sp³-hybridized carbons (Fsp3) is 0.727. The number of rotatable bonds is 8. The van der Waals surface area contributed by atoms with E-state index in [-0.39, 0.29) is 11.5 Å². The van der Waals surface area contributed by atoms with Crippen molar-refractivity contribution in [1.82, 2.24) is 10.3 Å². The zero-order valence-electron chi connectivity index (χ0n) is 10.4. The molecule has 1 heterocycles. The van der Waals surface area contributed by atoms with Crippen LogP contribution in [0.1, 0.15) is 31.9 Å². The Labute approximate surface area is 103 Å². The summed E-state index contributed by atoms with van der Waals surface area (Å²) in [6, 6.07) is 0. The van der Waals surface area contributed by atoms with Gasteiger partial charge in [0.15, 0.2) is 0 Å². The molecular formula is C11H20N2O3S. The molecule has 0 unspecified atom stereocenters. The number of nitrogens with zero attached hydrogens (tertiary/aromatic N) is 1. The van der Waals surface area contributed by atoms with E-state index < -0.39 is 9.84 Å². The van der Waals surface area contributed by atoms with Gasteiger partial charge in [0.1, 0.15) is 15.6 Å². The normalized spacial score (nSPS) is 11.9. The molecule has 1 aromatic heterocycles. The van der Waals surface area contributed by atoms with E-state index in [1.165, 1.54) is 0 Å². The van der Waals surface area contributed by atoms with E-state index in [1.807, 2.05) is 6.92 Å². The first-order chi connectivity index (χ1) is 8.07. The van der Waals surface area contributed by atoms with E-state index in [0.717, 1.165) is 12.2 Å². The van der Waals surface area contributed by atoms with Gasteiger partial charge in [0.2, 0.25) is 5.89 Å². The van der Waals surface area contributed by atoms with Crippen molar-refractivity contribution in [3.05, 3.63) is 17.8 Å². The number of hydrogen-bond donors (Lipinski definition) is 1. The van der Waals surface area contributed by atoms with Crippen LogP contribution in [0, 0.1) is 0 Å². The molecule has 0 spiro atoms. The van der Waals surface area contributed by atoms with Gasteiger partial charge < -0.3 is 9.73 Å². The van der Waals surface area contributed by atoms with E-state index in [4.69, 9.17) is 4.42 Å². The standard InChI is InChI=1S/C11H20N2O3S/c1-3-10-8-13-11(16-10)9-12-6-5-7-17(14,15)4-2/h8,12H,3-7,9H2,1-2H3. The van der Waals surface area contributed by atoms with Gasteiger partial charge in [-0.1, -0.05) is 13.8 Å². The highest BCUT2D eigenvalue weighted by Gasteiger charge is 2.06. The van der Waals surface area contributed by atoms with Crippen LogP contribution in [0.4, 0.5) is 0 Å². The summed E-state index contributed by atoms with van der Waals surface area (Å²) in [6.45, 7) is 4.88. The van der Waals surface area contributed by atoms with Crippen LogP contribution < -0.4 is 5.32 Å². The highest BCUT2D eigenvalue weighted by molar-refractivity contribution is 7.91. The van der Waals surface area contributed by atoms with Crippen molar-refractivity contribution in [1.29, 1.82) is 0 Å². The number of hydrogen-bond acceptors (Lipinski definition) is 5. The predicted molar refractivity (Wildman–Crippen MR) is 66.5 cm³/mol. The lowest BCUT2D eigenvalue weighted by Crippen LogP contribution is -2.19. The molecule has 1 rings (SSSR count). The van der Waals surface area contributed by atoms with E-state index >= 15 is 0 Å².